The van der Waals surface area contributed by atoms with E-state index in [0.29, 0.717) is 5.75 Å². The third-order valence-corrected chi connectivity index (χ3v) is 3.71. The van der Waals surface area contributed by atoms with E-state index in [0.717, 1.165) is 0 Å². The highest BCUT2D eigenvalue weighted by atomic mass is 32.2. The molecular formula is C8H10N2O3S. The van der Waals surface area contributed by atoms with Crippen molar-refractivity contribution in [1.82, 2.24) is 4.90 Å². The molecule has 0 bridgehead atoms. The molecule has 1 fully saturated rings. The van der Waals surface area contributed by atoms with E-state index in [1.54, 1.807) is 11.8 Å². The molecule has 0 radical (unpaired) electrons. The largest absolute Gasteiger partial charge is 0.509 e. The number of nitrogens with two attached hydrogens (primary N) is 1. The molecule has 1 saturated heterocycles. The third kappa shape index (κ3) is 1.03. The summed E-state index contributed by atoms with van der Waals surface area (Å²) in [6.45, 7) is 1.86. The summed E-state index contributed by atoms with van der Waals surface area (Å²) in [5.74, 6) is -0.842. The lowest BCUT2D eigenvalue weighted by Crippen LogP contribution is -2.36. The molecule has 0 aliphatic carbocycles. The zero-order valence-corrected chi connectivity index (χ0v) is 8.37. The number of carbonyl (C=O) groups is 2. The Morgan fingerprint density at radius 3 is 2.86 bits per heavy atom. The van der Waals surface area contributed by atoms with Crippen LogP contribution in [-0.4, -0.2) is 39.0 Å². The van der Waals surface area contributed by atoms with Gasteiger partial charge < -0.3 is 15.7 Å². The van der Waals surface area contributed by atoms with Gasteiger partial charge in [-0.1, -0.05) is 0 Å². The number of aliphatic hydroxyl groups excluding tert-OH is 1. The first-order valence-corrected chi connectivity index (χ1v) is 5.26. The first kappa shape index (κ1) is 9.39. The van der Waals surface area contributed by atoms with Crippen LogP contribution in [0.3, 0.4) is 0 Å². The highest BCUT2D eigenvalue weighted by Crippen LogP contribution is 2.38. The minimum atomic E-state index is -0.848. The highest BCUT2D eigenvalue weighted by molar-refractivity contribution is 8.00. The molecule has 2 heterocycles. The molecule has 0 saturated carbocycles. The molecule has 0 unspecified atom stereocenters. The monoisotopic (exact) mass is 214 g/mol. The number of hydrogen-bond donors (Lipinski definition) is 2. The standard InChI is InChI=1S/C8H10N2O3S/c1-3-10-4(2-14-3)6(11)5(7(9)12)8(10)13/h3-4,11H,2H2,1H3,(H2,9,12)/t3-,4-/m1/s1. The Kier molecular flexibility index (Phi) is 1.95. The molecule has 2 aliphatic heterocycles. The molecule has 2 amide bonds. The average Bonchev–Trinajstić information content (AvgIpc) is 2.55. The summed E-state index contributed by atoms with van der Waals surface area (Å²) in [5.41, 5.74) is 4.77. The number of amides is 2. The number of nitrogens with zero attached hydrogens (tertiary/aromatic N) is 1. The Balaban J connectivity index is 2.41. The van der Waals surface area contributed by atoms with E-state index in [2.05, 4.69) is 0 Å². The first-order chi connectivity index (χ1) is 6.54. The van der Waals surface area contributed by atoms with Gasteiger partial charge in [0.15, 0.2) is 0 Å². The minimum Gasteiger partial charge on any atom is -0.509 e. The van der Waals surface area contributed by atoms with Gasteiger partial charge in [-0.05, 0) is 6.92 Å². The van der Waals surface area contributed by atoms with Gasteiger partial charge in [0, 0.05) is 5.75 Å². The van der Waals surface area contributed by atoms with E-state index in [1.807, 2.05) is 6.92 Å². The zero-order valence-electron chi connectivity index (χ0n) is 7.56. The Morgan fingerprint density at radius 1 is 1.71 bits per heavy atom. The van der Waals surface area contributed by atoms with Crippen LogP contribution in [0.2, 0.25) is 0 Å². The van der Waals surface area contributed by atoms with Gasteiger partial charge in [-0.2, -0.15) is 0 Å². The van der Waals surface area contributed by atoms with Gasteiger partial charge in [0.05, 0.1) is 5.37 Å². The number of primary amides is 1. The van der Waals surface area contributed by atoms with Crippen molar-refractivity contribution >= 4 is 23.6 Å². The summed E-state index contributed by atoms with van der Waals surface area (Å²) in [6.07, 6.45) is 0. The van der Waals surface area contributed by atoms with Gasteiger partial charge in [-0.15, -0.1) is 11.8 Å². The summed E-state index contributed by atoms with van der Waals surface area (Å²) in [4.78, 5) is 24.1. The van der Waals surface area contributed by atoms with Gasteiger partial charge in [-0.25, -0.2) is 0 Å². The SMILES string of the molecule is C[C@H]1SC[C@@H]2C(O)=C(C(N)=O)C(=O)N21. The molecule has 14 heavy (non-hydrogen) atoms. The van der Waals surface area contributed by atoms with E-state index in [4.69, 9.17) is 5.73 Å². The van der Waals surface area contributed by atoms with Crippen molar-refractivity contribution in [3.05, 3.63) is 11.3 Å². The average molecular weight is 214 g/mol. The first-order valence-electron chi connectivity index (χ1n) is 4.21. The Bertz CT molecular complexity index is 352. The maximum atomic E-state index is 11.6. The molecule has 0 aromatic carbocycles. The lowest BCUT2D eigenvalue weighted by Gasteiger charge is -2.19. The van der Waals surface area contributed by atoms with Crippen molar-refractivity contribution in [2.45, 2.75) is 18.3 Å². The van der Waals surface area contributed by atoms with Crippen LogP contribution in [0.5, 0.6) is 0 Å². The van der Waals surface area contributed by atoms with Crippen LogP contribution in [0, 0.1) is 0 Å². The van der Waals surface area contributed by atoms with Gasteiger partial charge in [0.2, 0.25) is 0 Å². The van der Waals surface area contributed by atoms with Gasteiger partial charge >= 0.3 is 0 Å². The number of carbonyl (C=O) groups excluding carboxylic acids is 2. The molecule has 6 heteroatoms. The second-order valence-corrected chi connectivity index (χ2v) is 4.63. The molecule has 2 atom stereocenters. The maximum Gasteiger partial charge on any atom is 0.264 e. The van der Waals surface area contributed by atoms with Gasteiger partial charge in [-0.3, -0.25) is 9.59 Å². The van der Waals surface area contributed by atoms with Crippen LogP contribution in [0.4, 0.5) is 0 Å². The quantitative estimate of drug-likeness (QED) is 0.581. The van der Waals surface area contributed by atoms with Crippen molar-refractivity contribution in [2.24, 2.45) is 5.73 Å². The number of aliphatic hydroxyl groups is 1. The zero-order chi connectivity index (χ0) is 10.5. The fourth-order valence-electron chi connectivity index (χ4n) is 1.80. The number of rotatable bonds is 1. The fourth-order valence-corrected chi connectivity index (χ4v) is 2.98. The number of hydrogen-bond acceptors (Lipinski definition) is 4. The van der Waals surface area contributed by atoms with E-state index in [-0.39, 0.29) is 22.7 Å². The van der Waals surface area contributed by atoms with E-state index < -0.39 is 11.8 Å². The van der Waals surface area contributed by atoms with Gasteiger partial charge in [0.25, 0.3) is 11.8 Å². The molecule has 2 rings (SSSR count). The van der Waals surface area contributed by atoms with Crippen molar-refractivity contribution < 1.29 is 14.7 Å². The Morgan fingerprint density at radius 2 is 2.36 bits per heavy atom. The summed E-state index contributed by atoms with van der Waals surface area (Å²) >= 11 is 1.57. The van der Waals surface area contributed by atoms with Crippen molar-refractivity contribution in [3.63, 3.8) is 0 Å². The summed E-state index contributed by atoms with van der Waals surface area (Å²) in [6, 6.07) is -0.356. The van der Waals surface area contributed by atoms with Crippen molar-refractivity contribution in [1.29, 1.82) is 0 Å². The lowest BCUT2D eigenvalue weighted by atomic mass is 10.2. The van der Waals surface area contributed by atoms with Crippen LogP contribution in [0.1, 0.15) is 6.92 Å². The van der Waals surface area contributed by atoms with E-state index >= 15 is 0 Å². The predicted molar refractivity (Wildman–Crippen MR) is 51.4 cm³/mol. The Hall–Kier alpha value is -1.17. The summed E-state index contributed by atoms with van der Waals surface area (Å²) < 4.78 is 0. The minimum absolute atomic E-state index is 0.00787. The highest BCUT2D eigenvalue weighted by Gasteiger charge is 2.47. The molecule has 0 aromatic rings. The van der Waals surface area contributed by atoms with E-state index in [9.17, 15) is 14.7 Å². The molecule has 0 aromatic heterocycles. The van der Waals surface area contributed by atoms with Crippen LogP contribution in [-0.2, 0) is 9.59 Å². The van der Waals surface area contributed by atoms with Crippen LogP contribution < -0.4 is 5.73 Å². The predicted octanol–water partition coefficient (Wildman–Crippen LogP) is -0.413. The second kappa shape index (κ2) is 2.91. The lowest BCUT2D eigenvalue weighted by molar-refractivity contribution is -0.128. The smallest absolute Gasteiger partial charge is 0.264 e. The normalized spacial score (nSPS) is 31.2. The van der Waals surface area contributed by atoms with E-state index in [1.165, 1.54) is 4.90 Å². The summed E-state index contributed by atoms with van der Waals surface area (Å²) in [5, 5.41) is 9.61. The third-order valence-electron chi connectivity index (χ3n) is 2.49. The molecular weight excluding hydrogens is 204 g/mol. The van der Waals surface area contributed by atoms with Crippen LogP contribution in [0.15, 0.2) is 11.3 Å². The van der Waals surface area contributed by atoms with Crippen molar-refractivity contribution in [2.75, 3.05) is 5.75 Å². The Labute approximate surface area is 84.9 Å². The second-order valence-electron chi connectivity index (χ2n) is 3.29. The molecule has 2 aliphatic rings. The molecule has 3 N–H and O–H groups in total. The molecule has 76 valence electrons. The number of fused-ring (bicyclic) bond motifs is 1. The molecule has 0 spiro atoms. The fraction of sp³-hybridized carbons (Fsp3) is 0.500. The topological polar surface area (TPSA) is 83.6 Å². The van der Waals surface area contributed by atoms with Crippen LogP contribution in [0.25, 0.3) is 0 Å². The molecule has 5 nitrogen and oxygen atoms in total. The maximum absolute atomic E-state index is 11.6. The van der Waals surface area contributed by atoms with Crippen molar-refractivity contribution in [3.8, 4) is 0 Å². The van der Waals surface area contributed by atoms with Crippen LogP contribution >= 0.6 is 11.8 Å². The van der Waals surface area contributed by atoms with Gasteiger partial charge in [0.1, 0.15) is 17.4 Å². The summed E-state index contributed by atoms with van der Waals surface area (Å²) in [7, 11) is 0. The number of thioether (sulfide) groups is 1.